The molecule has 1 fully saturated rings. The Labute approximate surface area is 121 Å². The lowest BCUT2D eigenvalue weighted by Gasteiger charge is -2.21. The lowest BCUT2D eigenvalue weighted by Crippen LogP contribution is -2.35. The predicted molar refractivity (Wildman–Crippen MR) is 78.7 cm³/mol. The average molecular weight is 276 g/mol. The van der Waals surface area contributed by atoms with E-state index in [0.717, 1.165) is 31.5 Å². The summed E-state index contributed by atoms with van der Waals surface area (Å²) in [6.45, 7) is 7.58. The number of ether oxygens (including phenoxy) is 1. The summed E-state index contributed by atoms with van der Waals surface area (Å²) in [6.07, 6.45) is 2.79. The number of likely N-dealkylation sites (tertiary alicyclic amines) is 1. The maximum absolute atomic E-state index is 12.3. The molecule has 1 aromatic heterocycles. The van der Waals surface area contributed by atoms with Crippen molar-refractivity contribution in [3.05, 3.63) is 23.9 Å². The minimum Gasteiger partial charge on any atom is -0.472 e. The Balaban J connectivity index is 1.91. The van der Waals surface area contributed by atoms with E-state index in [1.54, 1.807) is 0 Å². The van der Waals surface area contributed by atoms with Crippen molar-refractivity contribution < 1.29 is 9.53 Å². The van der Waals surface area contributed by atoms with Gasteiger partial charge in [0.15, 0.2) is 0 Å². The van der Waals surface area contributed by atoms with E-state index in [9.17, 15) is 4.79 Å². The standard InChI is InChI=1S/C16H24N2O2/c1-4-13(5-2)16(19)18-10-9-14(11-18)20-15-8-6-7-12(3)17-15/h6-8,13-14H,4-5,9-11H2,1-3H3. The monoisotopic (exact) mass is 276 g/mol. The molecule has 0 N–H and O–H groups in total. The highest BCUT2D eigenvalue weighted by molar-refractivity contribution is 5.79. The Hall–Kier alpha value is -1.58. The van der Waals surface area contributed by atoms with Gasteiger partial charge in [0.05, 0.1) is 6.54 Å². The number of hydrogen-bond acceptors (Lipinski definition) is 3. The lowest BCUT2D eigenvalue weighted by atomic mass is 10.0. The number of pyridine rings is 1. The second-order valence-electron chi connectivity index (χ2n) is 5.44. The summed E-state index contributed by atoms with van der Waals surface area (Å²) in [4.78, 5) is 18.6. The number of rotatable bonds is 5. The van der Waals surface area contributed by atoms with Gasteiger partial charge in [-0.2, -0.15) is 0 Å². The van der Waals surface area contributed by atoms with Crippen LogP contribution >= 0.6 is 0 Å². The fraction of sp³-hybridized carbons (Fsp3) is 0.625. The van der Waals surface area contributed by atoms with Crippen LogP contribution in [0.1, 0.15) is 38.8 Å². The second-order valence-corrected chi connectivity index (χ2v) is 5.44. The maximum Gasteiger partial charge on any atom is 0.225 e. The molecular formula is C16H24N2O2. The quantitative estimate of drug-likeness (QED) is 0.830. The molecule has 0 saturated carbocycles. The van der Waals surface area contributed by atoms with Crippen molar-refractivity contribution >= 4 is 5.91 Å². The molecule has 20 heavy (non-hydrogen) atoms. The maximum atomic E-state index is 12.3. The van der Waals surface area contributed by atoms with E-state index in [0.29, 0.717) is 12.4 Å². The van der Waals surface area contributed by atoms with Gasteiger partial charge in [0, 0.05) is 30.6 Å². The summed E-state index contributed by atoms with van der Waals surface area (Å²) in [5, 5.41) is 0. The van der Waals surface area contributed by atoms with E-state index in [1.165, 1.54) is 0 Å². The highest BCUT2D eigenvalue weighted by Gasteiger charge is 2.30. The Kier molecular flexibility index (Phi) is 4.99. The van der Waals surface area contributed by atoms with Crippen molar-refractivity contribution in [3.8, 4) is 5.88 Å². The van der Waals surface area contributed by atoms with Gasteiger partial charge >= 0.3 is 0 Å². The SMILES string of the molecule is CCC(CC)C(=O)N1CCC(Oc2cccc(C)n2)C1. The van der Waals surface area contributed by atoms with E-state index in [4.69, 9.17) is 4.74 Å². The predicted octanol–water partition coefficient (Wildman–Crippen LogP) is 2.81. The minimum atomic E-state index is 0.0719. The van der Waals surface area contributed by atoms with Crippen LogP contribution in [0.5, 0.6) is 5.88 Å². The molecule has 1 aliphatic rings. The van der Waals surface area contributed by atoms with Crippen LogP contribution in [0.15, 0.2) is 18.2 Å². The molecule has 0 spiro atoms. The van der Waals surface area contributed by atoms with E-state index >= 15 is 0 Å². The highest BCUT2D eigenvalue weighted by atomic mass is 16.5. The Bertz CT molecular complexity index is 458. The van der Waals surface area contributed by atoms with Gasteiger partial charge in [-0.25, -0.2) is 4.98 Å². The molecule has 4 heteroatoms. The van der Waals surface area contributed by atoms with E-state index in [1.807, 2.05) is 30.0 Å². The molecule has 1 amide bonds. The summed E-state index contributed by atoms with van der Waals surface area (Å²) in [7, 11) is 0. The van der Waals surface area contributed by atoms with Crippen LogP contribution in [0.2, 0.25) is 0 Å². The van der Waals surface area contributed by atoms with Gasteiger partial charge in [0.1, 0.15) is 6.10 Å². The zero-order valence-electron chi connectivity index (χ0n) is 12.6. The molecule has 4 nitrogen and oxygen atoms in total. The van der Waals surface area contributed by atoms with Gasteiger partial charge in [0.25, 0.3) is 0 Å². The number of amides is 1. The van der Waals surface area contributed by atoms with Gasteiger partial charge in [-0.1, -0.05) is 19.9 Å². The van der Waals surface area contributed by atoms with Crippen LogP contribution in [-0.2, 0) is 4.79 Å². The zero-order chi connectivity index (χ0) is 14.5. The van der Waals surface area contributed by atoms with Gasteiger partial charge < -0.3 is 9.64 Å². The van der Waals surface area contributed by atoms with Crippen LogP contribution in [0, 0.1) is 12.8 Å². The first-order valence-electron chi connectivity index (χ1n) is 7.53. The number of carbonyl (C=O) groups excluding carboxylic acids is 1. The Morgan fingerprint density at radius 3 is 2.85 bits per heavy atom. The van der Waals surface area contributed by atoms with Crippen LogP contribution in [0.3, 0.4) is 0 Å². The molecule has 110 valence electrons. The first-order chi connectivity index (χ1) is 9.63. The molecule has 1 atom stereocenters. The van der Waals surface area contributed by atoms with Crippen LogP contribution in [0.4, 0.5) is 0 Å². The van der Waals surface area contributed by atoms with Crippen molar-refractivity contribution in [1.29, 1.82) is 0 Å². The number of hydrogen-bond donors (Lipinski definition) is 0. The molecule has 1 aliphatic heterocycles. The fourth-order valence-corrected chi connectivity index (χ4v) is 2.68. The molecule has 0 radical (unpaired) electrons. The summed E-state index contributed by atoms with van der Waals surface area (Å²) in [5.74, 6) is 1.09. The van der Waals surface area contributed by atoms with Crippen LogP contribution < -0.4 is 4.74 Å². The summed E-state index contributed by atoms with van der Waals surface area (Å²) >= 11 is 0. The van der Waals surface area contributed by atoms with Gasteiger partial charge in [-0.3, -0.25) is 4.79 Å². The molecule has 1 aromatic rings. The molecule has 0 aliphatic carbocycles. The summed E-state index contributed by atoms with van der Waals surface area (Å²) in [6, 6.07) is 5.77. The average Bonchev–Trinajstić information content (AvgIpc) is 2.88. The highest BCUT2D eigenvalue weighted by Crippen LogP contribution is 2.20. The summed E-state index contributed by atoms with van der Waals surface area (Å²) in [5.41, 5.74) is 0.949. The third-order valence-electron chi connectivity index (χ3n) is 3.94. The fourth-order valence-electron chi connectivity index (χ4n) is 2.68. The molecule has 0 aromatic carbocycles. The van der Waals surface area contributed by atoms with E-state index in [2.05, 4.69) is 18.8 Å². The van der Waals surface area contributed by atoms with E-state index < -0.39 is 0 Å². The lowest BCUT2D eigenvalue weighted by molar-refractivity contribution is -0.134. The Morgan fingerprint density at radius 1 is 1.45 bits per heavy atom. The normalized spacial score (nSPS) is 18.6. The van der Waals surface area contributed by atoms with E-state index in [-0.39, 0.29) is 17.9 Å². The van der Waals surface area contributed by atoms with Crippen LogP contribution in [0.25, 0.3) is 0 Å². The largest absolute Gasteiger partial charge is 0.472 e. The summed E-state index contributed by atoms with van der Waals surface area (Å²) < 4.78 is 5.88. The molecule has 1 saturated heterocycles. The molecule has 2 rings (SSSR count). The topological polar surface area (TPSA) is 42.4 Å². The van der Waals surface area contributed by atoms with Crippen molar-refractivity contribution in [2.45, 2.75) is 46.1 Å². The number of aromatic nitrogens is 1. The third kappa shape index (κ3) is 3.50. The number of carbonyl (C=O) groups is 1. The smallest absolute Gasteiger partial charge is 0.225 e. The van der Waals surface area contributed by atoms with Gasteiger partial charge in [0.2, 0.25) is 11.8 Å². The third-order valence-corrected chi connectivity index (χ3v) is 3.94. The zero-order valence-corrected chi connectivity index (χ0v) is 12.6. The van der Waals surface area contributed by atoms with Crippen molar-refractivity contribution in [2.75, 3.05) is 13.1 Å². The van der Waals surface area contributed by atoms with Gasteiger partial charge in [-0.15, -0.1) is 0 Å². The number of aryl methyl sites for hydroxylation is 1. The van der Waals surface area contributed by atoms with Crippen molar-refractivity contribution in [3.63, 3.8) is 0 Å². The molecule has 2 heterocycles. The first kappa shape index (κ1) is 14.8. The van der Waals surface area contributed by atoms with Crippen molar-refractivity contribution in [2.24, 2.45) is 5.92 Å². The molecule has 0 bridgehead atoms. The number of nitrogens with zero attached hydrogens (tertiary/aromatic N) is 2. The first-order valence-corrected chi connectivity index (χ1v) is 7.53. The van der Waals surface area contributed by atoms with Gasteiger partial charge in [-0.05, 0) is 25.8 Å². The Morgan fingerprint density at radius 2 is 2.20 bits per heavy atom. The molecule has 1 unspecified atom stereocenters. The van der Waals surface area contributed by atoms with Crippen molar-refractivity contribution in [1.82, 2.24) is 9.88 Å². The second kappa shape index (κ2) is 6.73. The van der Waals surface area contributed by atoms with Crippen LogP contribution in [-0.4, -0.2) is 35.0 Å². The minimum absolute atomic E-state index is 0.0719. The molecular weight excluding hydrogens is 252 g/mol.